The van der Waals surface area contributed by atoms with E-state index in [0.29, 0.717) is 5.56 Å². The molecule has 0 fully saturated rings. The Morgan fingerprint density at radius 2 is 1.92 bits per heavy atom. The van der Waals surface area contributed by atoms with Gasteiger partial charge in [0, 0.05) is 11.1 Å². The van der Waals surface area contributed by atoms with E-state index in [0.717, 1.165) is 16.6 Å². The molecule has 0 aliphatic heterocycles. The van der Waals surface area contributed by atoms with E-state index >= 15 is 0 Å². The maximum absolute atomic E-state index is 13.2. The van der Waals surface area contributed by atoms with Gasteiger partial charge in [0.25, 0.3) is 0 Å². The second-order valence-electron chi connectivity index (χ2n) is 3.23. The molecule has 1 nitrogen and oxygen atoms in total. The average Bonchev–Trinajstić information content (AvgIpc) is 2.32. The van der Waals surface area contributed by atoms with Gasteiger partial charge in [0.1, 0.15) is 5.82 Å². The first-order chi connectivity index (χ1) is 6.09. The average molecular weight is 289 g/mol. The Kier molecular flexibility index (Phi) is 2.06. The number of hydrogen-bond acceptors (Lipinski definition) is 0. The molecule has 1 aromatic heterocycles. The standard InChI is InChI=1S/C10H9FIN/c1-6-3-10-8(5-9(6)11)4-7(2)13(10)12/h3-5H,1-2H3. The number of hydrogen-bond donors (Lipinski definition) is 0. The first kappa shape index (κ1) is 8.99. The lowest BCUT2D eigenvalue weighted by Crippen LogP contribution is -1.84. The van der Waals surface area contributed by atoms with Crippen LogP contribution in [0, 0.1) is 19.7 Å². The molecule has 13 heavy (non-hydrogen) atoms. The third kappa shape index (κ3) is 1.35. The molecule has 0 aliphatic rings. The van der Waals surface area contributed by atoms with Crippen molar-refractivity contribution in [3.05, 3.63) is 35.3 Å². The van der Waals surface area contributed by atoms with Crippen molar-refractivity contribution in [1.29, 1.82) is 0 Å². The predicted octanol–water partition coefficient (Wildman–Crippen LogP) is 3.60. The van der Waals surface area contributed by atoms with Crippen LogP contribution in [0.5, 0.6) is 0 Å². The largest absolute Gasteiger partial charge is 0.287 e. The van der Waals surface area contributed by atoms with E-state index in [9.17, 15) is 4.39 Å². The summed E-state index contributed by atoms with van der Waals surface area (Å²) in [4.78, 5) is 0. The van der Waals surface area contributed by atoms with Crippen LogP contribution < -0.4 is 0 Å². The summed E-state index contributed by atoms with van der Waals surface area (Å²) in [6.07, 6.45) is 0. The highest BCUT2D eigenvalue weighted by molar-refractivity contribution is 14.1. The molecular weight excluding hydrogens is 280 g/mol. The molecule has 0 saturated heterocycles. The van der Waals surface area contributed by atoms with Crippen molar-refractivity contribution in [2.75, 3.05) is 0 Å². The molecule has 0 bridgehead atoms. The Bertz CT molecular complexity index is 473. The van der Waals surface area contributed by atoms with Crippen molar-refractivity contribution in [3.8, 4) is 0 Å². The lowest BCUT2D eigenvalue weighted by atomic mass is 10.2. The van der Waals surface area contributed by atoms with Crippen molar-refractivity contribution in [3.63, 3.8) is 0 Å². The molecule has 1 heterocycles. The van der Waals surface area contributed by atoms with Crippen molar-refractivity contribution < 1.29 is 4.39 Å². The van der Waals surface area contributed by atoms with Crippen LogP contribution in [0.25, 0.3) is 10.9 Å². The second-order valence-corrected chi connectivity index (χ2v) is 4.19. The van der Waals surface area contributed by atoms with Gasteiger partial charge in [-0.15, -0.1) is 0 Å². The number of rotatable bonds is 0. The van der Waals surface area contributed by atoms with Crippen LogP contribution in [0.4, 0.5) is 4.39 Å². The van der Waals surface area contributed by atoms with Crippen molar-refractivity contribution in [2.45, 2.75) is 13.8 Å². The molecule has 0 spiro atoms. The fraction of sp³-hybridized carbons (Fsp3) is 0.200. The van der Waals surface area contributed by atoms with E-state index in [1.807, 2.05) is 21.8 Å². The second kappa shape index (κ2) is 2.97. The quantitative estimate of drug-likeness (QED) is 0.653. The topological polar surface area (TPSA) is 4.93 Å². The molecule has 0 saturated carbocycles. The van der Waals surface area contributed by atoms with Gasteiger partial charge >= 0.3 is 0 Å². The highest BCUT2D eigenvalue weighted by Gasteiger charge is 2.06. The minimum atomic E-state index is -0.130. The van der Waals surface area contributed by atoms with E-state index < -0.39 is 0 Å². The Morgan fingerprint density at radius 3 is 2.62 bits per heavy atom. The fourth-order valence-corrected chi connectivity index (χ4v) is 2.00. The summed E-state index contributed by atoms with van der Waals surface area (Å²) in [6.45, 7) is 3.80. The Labute approximate surface area is 90.0 Å². The Balaban J connectivity index is 2.89. The van der Waals surface area contributed by atoms with Crippen LogP contribution >= 0.6 is 22.9 Å². The summed E-state index contributed by atoms with van der Waals surface area (Å²) in [5.74, 6) is -0.130. The summed E-state index contributed by atoms with van der Waals surface area (Å²) in [5, 5.41) is 0.968. The van der Waals surface area contributed by atoms with E-state index in [1.165, 1.54) is 0 Å². The summed E-state index contributed by atoms with van der Waals surface area (Å²) in [5.41, 5.74) is 2.92. The first-order valence-electron chi connectivity index (χ1n) is 4.04. The molecule has 2 aromatic rings. The van der Waals surface area contributed by atoms with Crippen LogP contribution in [-0.2, 0) is 0 Å². The first-order valence-corrected chi connectivity index (χ1v) is 5.00. The Hall–Kier alpha value is -0.580. The van der Waals surface area contributed by atoms with Gasteiger partial charge in [0.05, 0.1) is 28.4 Å². The minimum Gasteiger partial charge on any atom is -0.287 e. The summed E-state index contributed by atoms with van der Waals surface area (Å²) < 4.78 is 15.2. The zero-order valence-electron chi connectivity index (χ0n) is 7.44. The van der Waals surface area contributed by atoms with Gasteiger partial charge in [0.15, 0.2) is 0 Å². The number of aryl methyl sites for hydroxylation is 2. The fourth-order valence-electron chi connectivity index (χ4n) is 1.44. The van der Waals surface area contributed by atoms with Crippen molar-refractivity contribution >= 4 is 33.8 Å². The molecule has 0 aliphatic carbocycles. The molecule has 0 amide bonds. The third-order valence-corrected chi connectivity index (χ3v) is 3.47. The van der Waals surface area contributed by atoms with E-state index in [1.54, 1.807) is 13.0 Å². The molecule has 2 rings (SSSR count). The number of benzene rings is 1. The summed E-state index contributed by atoms with van der Waals surface area (Å²) >= 11 is 2.22. The number of aromatic nitrogens is 1. The number of fused-ring (bicyclic) bond motifs is 1. The highest BCUT2D eigenvalue weighted by Crippen LogP contribution is 2.24. The zero-order chi connectivity index (χ0) is 9.59. The van der Waals surface area contributed by atoms with Crippen LogP contribution in [0.2, 0.25) is 0 Å². The van der Waals surface area contributed by atoms with Gasteiger partial charge in [0.2, 0.25) is 0 Å². The molecule has 3 heteroatoms. The van der Waals surface area contributed by atoms with E-state index in [-0.39, 0.29) is 5.82 Å². The van der Waals surface area contributed by atoms with Gasteiger partial charge in [-0.1, -0.05) is 0 Å². The van der Waals surface area contributed by atoms with Gasteiger partial charge in [-0.3, -0.25) is 2.78 Å². The number of nitrogens with zero attached hydrogens (tertiary/aromatic N) is 1. The normalized spacial score (nSPS) is 11.1. The zero-order valence-corrected chi connectivity index (χ0v) is 9.59. The molecule has 0 N–H and O–H groups in total. The molecular formula is C10H9FIN. The molecule has 0 atom stereocenters. The monoisotopic (exact) mass is 289 g/mol. The maximum Gasteiger partial charge on any atom is 0.126 e. The number of halogens is 2. The van der Waals surface area contributed by atoms with Gasteiger partial charge in [-0.05, 0) is 37.6 Å². The molecule has 1 aromatic carbocycles. The van der Waals surface area contributed by atoms with Crippen molar-refractivity contribution in [2.24, 2.45) is 0 Å². The van der Waals surface area contributed by atoms with Crippen LogP contribution in [0.1, 0.15) is 11.3 Å². The Morgan fingerprint density at radius 1 is 1.23 bits per heavy atom. The van der Waals surface area contributed by atoms with E-state index in [2.05, 4.69) is 22.9 Å². The van der Waals surface area contributed by atoms with Crippen LogP contribution in [0.3, 0.4) is 0 Å². The highest BCUT2D eigenvalue weighted by atomic mass is 127. The maximum atomic E-state index is 13.2. The lowest BCUT2D eigenvalue weighted by Gasteiger charge is -1.98. The molecule has 68 valence electrons. The van der Waals surface area contributed by atoms with Gasteiger partial charge < -0.3 is 0 Å². The SMILES string of the molecule is Cc1cc2c(cc1F)cc(C)n2I. The smallest absolute Gasteiger partial charge is 0.126 e. The molecule has 0 radical (unpaired) electrons. The van der Waals surface area contributed by atoms with Crippen LogP contribution in [-0.4, -0.2) is 2.78 Å². The van der Waals surface area contributed by atoms with Gasteiger partial charge in [-0.2, -0.15) is 0 Å². The lowest BCUT2D eigenvalue weighted by molar-refractivity contribution is 0.620. The van der Waals surface area contributed by atoms with Crippen LogP contribution in [0.15, 0.2) is 18.2 Å². The summed E-state index contributed by atoms with van der Waals surface area (Å²) in [7, 11) is 0. The predicted molar refractivity (Wildman–Crippen MR) is 60.8 cm³/mol. The van der Waals surface area contributed by atoms with Gasteiger partial charge in [-0.25, -0.2) is 4.39 Å². The van der Waals surface area contributed by atoms with Crippen molar-refractivity contribution in [1.82, 2.24) is 2.78 Å². The van der Waals surface area contributed by atoms with E-state index in [4.69, 9.17) is 0 Å². The minimum absolute atomic E-state index is 0.130. The molecule has 0 unspecified atom stereocenters. The third-order valence-electron chi connectivity index (χ3n) is 2.19. The summed E-state index contributed by atoms with van der Waals surface area (Å²) in [6, 6.07) is 5.46.